The molecule has 1 aromatic heterocycles. The molecule has 2 heterocycles. The van der Waals surface area contributed by atoms with E-state index in [1.54, 1.807) is 12.4 Å². The summed E-state index contributed by atoms with van der Waals surface area (Å²) >= 11 is 0. The predicted molar refractivity (Wildman–Crippen MR) is 67.1 cm³/mol. The number of nitrogens with two attached hydrogens (primary N) is 1. The predicted octanol–water partition coefficient (Wildman–Crippen LogP) is 0.380. The fourth-order valence-electron chi connectivity index (χ4n) is 2.38. The van der Waals surface area contributed by atoms with Gasteiger partial charge in [-0.1, -0.05) is 0 Å². The van der Waals surface area contributed by atoms with Gasteiger partial charge in [-0.3, -0.25) is 9.89 Å². The fourth-order valence-corrected chi connectivity index (χ4v) is 2.38. The van der Waals surface area contributed by atoms with Crippen LogP contribution in [0.15, 0.2) is 12.4 Å². The molecule has 0 atom stereocenters. The van der Waals surface area contributed by atoms with Crippen molar-refractivity contribution >= 4 is 5.91 Å². The molecule has 100 valence electrons. The number of hydrogen-bond acceptors (Lipinski definition) is 4. The van der Waals surface area contributed by atoms with E-state index >= 15 is 0 Å². The van der Waals surface area contributed by atoms with Gasteiger partial charge in [0.05, 0.1) is 17.4 Å². The maximum absolute atomic E-state index is 12.1. The molecule has 1 aliphatic rings. The number of rotatable bonds is 4. The second-order valence-corrected chi connectivity index (χ2v) is 4.60. The van der Waals surface area contributed by atoms with Crippen LogP contribution >= 0.6 is 0 Å². The summed E-state index contributed by atoms with van der Waals surface area (Å²) in [6, 6.07) is 0. The molecule has 18 heavy (non-hydrogen) atoms. The lowest BCUT2D eigenvalue weighted by atomic mass is 9.91. The van der Waals surface area contributed by atoms with E-state index in [-0.39, 0.29) is 11.5 Å². The summed E-state index contributed by atoms with van der Waals surface area (Å²) < 4.78 is 5.76. The van der Waals surface area contributed by atoms with Gasteiger partial charge in [0, 0.05) is 32.4 Å². The fraction of sp³-hybridized carbons (Fsp3) is 0.667. The zero-order chi connectivity index (χ0) is 13.0. The number of aromatic nitrogens is 2. The highest BCUT2D eigenvalue weighted by atomic mass is 16.5. The molecule has 0 aliphatic carbocycles. The molecule has 6 heteroatoms. The summed E-state index contributed by atoms with van der Waals surface area (Å²) in [7, 11) is 0. The van der Waals surface area contributed by atoms with Crippen LogP contribution in [-0.4, -0.2) is 52.8 Å². The lowest BCUT2D eigenvalue weighted by Crippen LogP contribution is -2.51. The van der Waals surface area contributed by atoms with Gasteiger partial charge >= 0.3 is 0 Å². The molecule has 1 aromatic rings. The first-order chi connectivity index (χ1) is 8.71. The maximum Gasteiger partial charge on any atom is 0.257 e. The number of amides is 1. The van der Waals surface area contributed by atoms with Gasteiger partial charge in [0.15, 0.2) is 0 Å². The monoisotopic (exact) mass is 252 g/mol. The van der Waals surface area contributed by atoms with Crippen molar-refractivity contribution in [3.63, 3.8) is 0 Å². The van der Waals surface area contributed by atoms with Crippen molar-refractivity contribution in [2.75, 3.05) is 26.2 Å². The van der Waals surface area contributed by atoms with Crippen LogP contribution in [-0.2, 0) is 4.74 Å². The molecule has 1 amide bonds. The lowest BCUT2D eigenvalue weighted by molar-refractivity contribution is -0.0677. The Balaban J connectivity index is 1.96. The highest BCUT2D eigenvalue weighted by Crippen LogP contribution is 2.26. The Morgan fingerprint density at radius 3 is 2.83 bits per heavy atom. The number of H-pyrrole nitrogens is 1. The molecule has 1 fully saturated rings. The van der Waals surface area contributed by atoms with E-state index in [4.69, 9.17) is 10.5 Å². The van der Waals surface area contributed by atoms with Crippen molar-refractivity contribution in [3.8, 4) is 0 Å². The number of carbonyl (C=O) groups is 1. The first kappa shape index (κ1) is 13.0. The zero-order valence-corrected chi connectivity index (χ0v) is 10.7. The average Bonchev–Trinajstić information content (AvgIpc) is 2.93. The normalized spacial score (nSPS) is 18.9. The molecular formula is C12H20N4O2. The molecule has 0 unspecified atom stereocenters. The largest absolute Gasteiger partial charge is 0.374 e. The van der Waals surface area contributed by atoms with Crippen molar-refractivity contribution in [1.82, 2.24) is 15.1 Å². The van der Waals surface area contributed by atoms with Crippen molar-refractivity contribution < 1.29 is 9.53 Å². The standard InChI is InChI=1S/C12H20N4O2/c1-2-18-12(9-13)3-5-16(6-4-12)11(17)10-7-14-15-8-10/h7-8H,2-6,9,13H2,1H3,(H,14,15). The summed E-state index contributed by atoms with van der Waals surface area (Å²) in [5.74, 6) is 0.0193. The van der Waals surface area contributed by atoms with Gasteiger partial charge in [-0.25, -0.2) is 0 Å². The van der Waals surface area contributed by atoms with Gasteiger partial charge in [-0.2, -0.15) is 5.10 Å². The number of piperidine rings is 1. The summed E-state index contributed by atoms with van der Waals surface area (Å²) in [6.07, 6.45) is 4.76. The Morgan fingerprint density at radius 2 is 2.33 bits per heavy atom. The molecule has 0 saturated carbocycles. The van der Waals surface area contributed by atoms with Crippen LogP contribution in [0.4, 0.5) is 0 Å². The number of carbonyl (C=O) groups excluding carboxylic acids is 1. The topological polar surface area (TPSA) is 84.2 Å². The van der Waals surface area contributed by atoms with Crippen LogP contribution in [0, 0.1) is 0 Å². The van der Waals surface area contributed by atoms with Crippen LogP contribution in [0.1, 0.15) is 30.1 Å². The molecule has 1 saturated heterocycles. The van der Waals surface area contributed by atoms with Gasteiger partial charge in [0.2, 0.25) is 0 Å². The van der Waals surface area contributed by atoms with E-state index in [9.17, 15) is 4.79 Å². The molecule has 0 aromatic carbocycles. The van der Waals surface area contributed by atoms with Crippen molar-refractivity contribution in [2.24, 2.45) is 5.73 Å². The Bertz CT molecular complexity index is 383. The van der Waals surface area contributed by atoms with Gasteiger partial charge in [0.1, 0.15) is 0 Å². The minimum Gasteiger partial charge on any atom is -0.374 e. The highest BCUT2D eigenvalue weighted by molar-refractivity contribution is 5.93. The minimum absolute atomic E-state index is 0.0193. The maximum atomic E-state index is 12.1. The summed E-state index contributed by atoms with van der Waals surface area (Å²) in [4.78, 5) is 13.9. The van der Waals surface area contributed by atoms with E-state index in [0.29, 0.717) is 31.8 Å². The Labute approximate surface area is 106 Å². The van der Waals surface area contributed by atoms with Crippen molar-refractivity contribution in [2.45, 2.75) is 25.4 Å². The van der Waals surface area contributed by atoms with Crippen LogP contribution in [0.5, 0.6) is 0 Å². The second kappa shape index (κ2) is 5.49. The third kappa shape index (κ3) is 2.54. The molecule has 0 spiro atoms. The summed E-state index contributed by atoms with van der Waals surface area (Å²) in [5, 5.41) is 6.45. The molecule has 0 radical (unpaired) electrons. The van der Waals surface area contributed by atoms with E-state index < -0.39 is 0 Å². The first-order valence-corrected chi connectivity index (χ1v) is 6.33. The van der Waals surface area contributed by atoms with Crippen molar-refractivity contribution in [3.05, 3.63) is 18.0 Å². The molecule has 1 aliphatic heterocycles. The van der Waals surface area contributed by atoms with Gasteiger partial charge in [-0.05, 0) is 19.8 Å². The third-order valence-corrected chi connectivity index (χ3v) is 3.53. The summed E-state index contributed by atoms with van der Waals surface area (Å²) in [6.45, 7) is 4.50. The van der Waals surface area contributed by atoms with Crippen LogP contribution in [0.2, 0.25) is 0 Å². The van der Waals surface area contributed by atoms with E-state index in [0.717, 1.165) is 12.8 Å². The van der Waals surface area contributed by atoms with Crippen molar-refractivity contribution in [1.29, 1.82) is 0 Å². The number of nitrogens with zero attached hydrogens (tertiary/aromatic N) is 2. The SMILES string of the molecule is CCOC1(CN)CCN(C(=O)c2cn[nH]c2)CC1. The lowest BCUT2D eigenvalue weighted by Gasteiger charge is -2.40. The smallest absolute Gasteiger partial charge is 0.257 e. The number of nitrogens with one attached hydrogen (secondary N) is 1. The third-order valence-electron chi connectivity index (χ3n) is 3.53. The average molecular weight is 252 g/mol. The quantitative estimate of drug-likeness (QED) is 0.811. The van der Waals surface area contributed by atoms with E-state index in [2.05, 4.69) is 10.2 Å². The number of hydrogen-bond donors (Lipinski definition) is 2. The molecule has 0 bridgehead atoms. The van der Waals surface area contributed by atoms with Crippen LogP contribution in [0.25, 0.3) is 0 Å². The van der Waals surface area contributed by atoms with E-state index in [1.165, 1.54) is 0 Å². The number of aromatic amines is 1. The Morgan fingerprint density at radius 1 is 1.61 bits per heavy atom. The van der Waals surface area contributed by atoms with E-state index in [1.807, 2.05) is 11.8 Å². The number of ether oxygens (including phenoxy) is 1. The van der Waals surface area contributed by atoms with Gasteiger partial charge < -0.3 is 15.4 Å². The van der Waals surface area contributed by atoms with Crippen LogP contribution < -0.4 is 5.73 Å². The summed E-state index contributed by atoms with van der Waals surface area (Å²) in [5.41, 5.74) is 6.15. The molecule has 3 N–H and O–H groups in total. The second-order valence-electron chi connectivity index (χ2n) is 4.60. The van der Waals surface area contributed by atoms with Crippen LogP contribution in [0.3, 0.4) is 0 Å². The van der Waals surface area contributed by atoms with Gasteiger partial charge in [0.25, 0.3) is 5.91 Å². The zero-order valence-electron chi connectivity index (χ0n) is 10.7. The molecule has 6 nitrogen and oxygen atoms in total. The first-order valence-electron chi connectivity index (χ1n) is 6.33. The minimum atomic E-state index is -0.248. The molecular weight excluding hydrogens is 232 g/mol. The Hall–Kier alpha value is -1.40. The Kier molecular flexibility index (Phi) is 3.98. The van der Waals surface area contributed by atoms with Gasteiger partial charge in [-0.15, -0.1) is 0 Å². The highest BCUT2D eigenvalue weighted by Gasteiger charge is 2.35. The molecule has 2 rings (SSSR count). The number of likely N-dealkylation sites (tertiary alicyclic amines) is 1.